The van der Waals surface area contributed by atoms with Crippen LogP contribution in [0.5, 0.6) is 0 Å². The molecule has 3 rings (SSSR count). The van der Waals surface area contributed by atoms with E-state index >= 15 is 0 Å². The van der Waals surface area contributed by atoms with Crippen LogP contribution in [-0.4, -0.2) is 56.7 Å². The standard InChI is InChI=1S/C17H24N6O/c1-3-11-22(15-9-10-18-12-15)17(24)13(2)23-20-16(19-21-23)14-7-5-4-6-8-14/h4-8,13,15,18H,3,9-12H2,1-2H3. The van der Waals surface area contributed by atoms with Crippen LogP contribution < -0.4 is 5.32 Å². The van der Waals surface area contributed by atoms with Crippen LogP contribution in [0.4, 0.5) is 0 Å². The first-order valence-corrected chi connectivity index (χ1v) is 8.56. The van der Waals surface area contributed by atoms with Crippen molar-refractivity contribution >= 4 is 5.91 Å². The maximum absolute atomic E-state index is 12.9. The lowest BCUT2D eigenvalue weighted by Gasteiger charge is -2.30. The molecule has 7 heteroatoms. The third-order valence-corrected chi connectivity index (χ3v) is 4.39. The van der Waals surface area contributed by atoms with Gasteiger partial charge < -0.3 is 10.2 Å². The lowest BCUT2D eigenvalue weighted by molar-refractivity contribution is -0.137. The molecule has 1 aliphatic heterocycles. The van der Waals surface area contributed by atoms with Crippen molar-refractivity contribution in [1.82, 2.24) is 30.4 Å². The van der Waals surface area contributed by atoms with E-state index in [9.17, 15) is 4.79 Å². The fourth-order valence-electron chi connectivity index (χ4n) is 3.05. The van der Waals surface area contributed by atoms with Crippen molar-refractivity contribution in [2.75, 3.05) is 19.6 Å². The van der Waals surface area contributed by atoms with Gasteiger partial charge in [0, 0.05) is 24.7 Å². The van der Waals surface area contributed by atoms with E-state index < -0.39 is 6.04 Å². The minimum atomic E-state index is -0.456. The topological polar surface area (TPSA) is 75.9 Å². The Morgan fingerprint density at radius 2 is 2.21 bits per heavy atom. The first kappa shape index (κ1) is 16.6. The Hall–Kier alpha value is -2.28. The molecule has 7 nitrogen and oxygen atoms in total. The van der Waals surface area contributed by atoms with Crippen molar-refractivity contribution in [2.24, 2.45) is 0 Å². The van der Waals surface area contributed by atoms with Gasteiger partial charge in [0.25, 0.3) is 0 Å². The molecule has 1 amide bonds. The summed E-state index contributed by atoms with van der Waals surface area (Å²) in [6.45, 7) is 6.51. The van der Waals surface area contributed by atoms with Crippen LogP contribution in [-0.2, 0) is 4.79 Å². The van der Waals surface area contributed by atoms with Gasteiger partial charge in [-0.25, -0.2) is 0 Å². The van der Waals surface area contributed by atoms with Gasteiger partial charge in [0.15, 0.2) is 0 Å². The van der Waals surface area contributed by atoms with E-state index in [0.29, 0.717) is 5.82 Å². The highest BCUT2D eigenvalue weighted by molar-refractivity contribution is 5.80. The summed E-state index contributed by atoms with van der Waals surface area (Å²) in [5.41, 5.74) is 0.897. The molecule has 0 radical (unpaired) electrons. The quantitative estimate of drug-likeness (QED) is 0.870. The second-order valence-electron chi connectivity index (χ2n) is 6.15. The molecule has 0 aliphatic carbocycles. The Morgan fingerprint density at radius 3 is 2.88 bits per heavy atom. The van der Waals surface area contributed by atoms with E-state index in [2.05, 4.69) is 27.7 Å². The summed E-state index contributed by atoms with van der Waals surface area (Å²) in [6.07, 6.45) is 1.94. The molecule has 0 saturated carbocycles. The summed E-state index contributed by atoms with van der Waals surface area (Å²) < 4.78 is 0. The van der Waals surface area contributed by atoms with Gasteiger partial charge in [-0.2, -0.15) is 4.80 Å². The van der Waals surface area contributed by atoms with Crippen LogP contribution in [0.25, 0.3) is 11.4 Å². The molecule has 2 aromatic rings. The summed E-state index contributed by atoms with van der Waals surface area (Å²) >= 11 is 0. The van der Waals surface area contributed by atoms with Gasteiger partial charge in [-0.15, -0.1) is 10.2 Å². The van der Waals surface area contributed by atoms with Gasteiger partial charge in [-0.1, -0.05) is 37.3 Å². The lowest BCUT2D eigenvalue weighted by atomic mass is 10.1. The van der Waals surface area contributed by atoms with E-state index in [1.54, 1.807) is 0 Å². The number of amides is 1. The molecular weight excluding hydrogens is 304 g/mol. The van der Waals surface area contributed by atoms with E-state index in [4.69, 9.17) is 0 Å². The number of aromatic nitrogens is 4. The molecule has 128 valence electrons. The van der Waals surface area contributed by atoms with Gasteiger partial charge in [-0.3, -0.25) is 4.79 Å². The fourth-order valence-corrected chi connectivity index (χ4v) is 3.05. The summed E-state index contributed by atoms with van der Waals surface area (Å²) in [5, 5.41) is 15.9. The van der Waals surface area contributed by atoms with Crippen LogP contribution in [0.1, 0.15) is 32.7 Å². The smallest absolute Gasteiger partial charge is 0.249 e. The first-order valence-electron chi connectivity index (χ1n) is 8.56. The average Bonchev–Trinajstić information content (AvgIpc) is 3.31. The molecule has 2 unspecified atom stereocenters. The van der Waals surface area contributed by atoms with Gasteiger partial charge in [0.2, 0.25) is 11.7 Å². The van der Waals surface area contributed by atoms with Gasteiger partial charge in [0.05, 0.1) is 0 Å². The van der Waals surface area contributed by atoms with Crippen LogP contribution in [0.15, 0.2) is 30.3 Å². The maximum atomic E-state index is 12.9. The molecule has 1 N–H and O–H groups in total. The molecule has 0 bridgehead atoms. The third kappa shape index (κ3) is 3.46. The van der Waals surface area contributed by atoms with E-state index in [0.717, 1.165) is 38.0 Å². The molecular formula is C17H24N6O. The number of carbonyl (C=O) groups is 1. The molecule has 1 fully saturated rings. The normalized spacial score (nSPS) is 18.5. The summed E-state index contributed by atoms with van der Waals surface area (Å²) in [7, 11) is 0. The van der Waals surface area contributed by atoms with Gasteiger partial charge >= 0.3 is 0 Å². The van der Waals surface area contributed by atoms with Crippen LogP contribution >= 0.6 is 0 Å². The molecule has 24 heavy (non-hydrogen) atoms. The molecule has 2 atom stereocenters. The number of hydrogen-bond donors (Lipinski definition) is 1. The monoisotopic (exact) mass is 328 g/mol. The van der Waals surface area contributed by atoms with Crippen molar-refractivity contribution in [3.63, 3.8) is 0 Å². The maximum Gasteiger partial charge on any atom is 0.249 e. The average molecular weight is 328 g/mol. The van der Waals surface area contributed by atoms with E-state index in [1.807, 2.05) is 42.2 Å². The van der Waals surface area contributed by atoms with Gasteiger partial charge in [-0.05, 0) is 31.5 Å². The highest BCUT2D eigenvalue weighted by Crippen LogP contribution is 2.17. The Balaban J connectivity index is 1.76. The van der Waals surface area contributed by atoms with Crippen molar-refractivity contribution < 1.29 is 4.79 Å². The minimum Gasteiger partial charge on any atom is -0.336 e. The molecule has 1 aromatic heterocycles. The van der Waals surface area contributed by atoms with Crippen molar-refractivity contribution in [3.05, 3.63) is 30.3 Å². The third-order valence-electron chi connectivity index (χ3n) is 4.39. The number of tetrazole rings is 1. The number of nitrogens with one attached hydrogen (secondary N) is 1. The molecule has 2 heterocycles. The molecule has 1 aromatic carbocycles. The van der Waals surface area contributed by atoms with E-state index in [1.165, 1.54) is 4.80 Å². The fraction of sp³-hybridized carbons (Fsp3) is 0.529. The molecule has 1 aliphatic rings. The number of hydrogen-bond acceptors (Lipinski definition) is 5. The van der Waals surface area contributed by atoms with Crippen molar-refractivity contribution in [3.8, 4) is 11.4 Å². The molecule has 1 saturated heterocycles. The second-order valence-corrected chi connectivity index (χ2v) is 6.15. The Bertz CT molecular complexity index is 665. The lowest BCUT2D eigenvalue weighted by Crippen LogP contribution is -2.45. The number of carbonyl (C=O) groups excluding carboxylic acids is 1. The second kappa shape index (κ2) is 7.53. The first-order chi connectivity index (χ1) is 11.7. The number of rotatable bonds is 6. The van der Waals surface area contributed by atoms with E-state index in [-0.39, 0.29) is 11.9 Å². The predicted octanol–water partition coefficient (Wildman–Crippen LogP) is 1.50. The molecule has 0 spiro atoms. The Kier molecular flexibility index (Phi) is 5.20. The summed E-state index contributed by atoms with van der Waals surface area (Å²) in [5.74, 6) is 0.599. The largest absolute Gasteiger partial charge is 0.336 e. The Labute approximate surface area is 142 Å². The van der Waals surface area contributed by atoms with Gasteiger partial charge in [0.1, 0.15) is 6.04 Å². The van der Waals surface area contributed by atoms with Crippen molar-refractivity contribution in [1.29, 1.82) is 0 Å². The van der Waals surface area contributed by atoms with Crippen LogP contribution in [0.3, 0.4) is 0 Å². The SMILES string of the molecule is CCCN(C(=O)C(C)n1nnc(-c2ccccc2)n1)C1CCNC1. The van der Waals surface area contributed by atoms with Crippen LogP contribution in [0.2, 0.25) is 0 Å². The zero-order valence-electron chi connectivity index (χ0n) is 14.2. The zero-order valence-corrected chi connectivity index (χ0v) is 14.2. The Morgan fingerprint density at radius 1 is 1.42 bits per heavy atom. The summed E-state index contributed by atoms with van der Waals surface area (Å²) in [6, 6.07) is 9.47. The highest BCUT2D eigenvalue weighted by Gasteiger charge is 2.30. The number of nitrogens with zero attached hydrogens (tertiary/aromatic N) is 5. The summed E-state index contributed by atoms with van der Waals surface area (Å²) in [4.78, 5) is 16.3. The zero-order chi connectivity index (χ0) is 16.9. The van der Waals surface area contributed by atoms with Crippen molar-refractivity contribution in [2.45, 2.75) is 38.8 Å². The predicted molar refractivity (Wildman–Crippen MR) is 91.2 cm³/mol. The minimum absolute atomic E-state index is 0.0579. The van der Waals surface area contributed by atoms with Crippen LogP contribution in [0, 0.1) is 0 Å². The number of benzene rings is 1. The highest BCUT2D eigenvalue weighted by atomic mass is 16.2.